The predicted molar refractivity (Wildman–Crippen MR) is 95.4 cm³/mol. The van der Waals surface area contributed by atoms with E-state index in [0.717, 1.165) is 5.56 Å². The molecule has 0 bridgehead atoms. The molecule has 0 N–H and O–H groups in total. The van der Waals surface area contributed by atoms with Crippen molar-refractivity contribution in [3.05, 3.63) is 35.9 Å². The maximum atomic E-state index is 12.8. The summed E-state index contributed by atoms with van der Waals surface area (Å²) < 4.78 is 5.33. The molecule has 1 fully saturated rings. The monoisotopic (exact) mass is 377 g/mol. The van der Waals surface area contributed by atoms with E-state index in [9.17, 15) is 4.79 Å². The van der Waals surface area contributed by atoms with Gasteiger partial charge in [-0.25, -0.2) is 0 Å². The molecule has 0 spiro atoms. The first kappa shape index (κ1) is 18.9. The Labute approximate surface area is 152 Å². The van der Waals surface area contributed by atoms with E-state index in [1.165, 1.54) is 0 Å². The van der Waals surface area contributed by atoms with Gasteiger partial charge in [0.05, 0.1) is 12.0 Å². The maximum Gasteiger partial charge on any atom is 0.244 e. The van der Waals surface area contributed by atoms with Crippen LogP contribution < -0.4 is 0 Å². The molecular formula is C17H22Cl3NO2. The van der Waals surface area contributed by atoms with Crippen LogP contribution in [0.3, 0.4) is 0 Å². The van der Waals surface area contributed by atoms with Gasteiger partial charge in [-0.3, -0.25) is 4.79 Å². The molecule has 0 saturated carbocycles. The quantitative estimate of drug-likeness (QED) is 0.642. The zero-order valence-electron chi connectivity index (χ0n) is 13.2. The van der Waals surface area contributed by atoms with E-state index < -0.39 is 4.87 Å². The van der Waals surface area contributed by atoms with E-state index in [-0.39, 0.29) is 17.2 Å². The number of halogens is 3. The van der Waals surface area contributed by atoms with Crippen LogP contribution in [0, 0.1) is 5.92 Å². The Morgan fingerprint density at radius 2 is 2.09 bits per heavy atom. The lowest BCUT2D eigenvalue weighted by molar-refractivity contribution is -0.130. The number of nitrogens with zero attached hydrogens (tertiary/aromatic N) is 1. The van der Waals surface area contributed by atoms with Crippen molar-refractivity contribution in [2.45, 2.75) is 30.1 Å². The number of rotatable bonds is 8. The van der Waals surface area contributed by atoms with E-state index >= 15 is 0 Å². The van der Waals surface area contributed by atoms with E-state index in [0.29, 0.717) is 38.6 Å². The van der Waals surface area contributed by atoms with Crippen LogP contribution in [0.15, 0.2) is 30.3 Å². The summed E-state index contributed by atoms with van der Waals surface area (Å²) >= 11 is 19.1. The molecule has 128 valence electrons. The molecule has 1 unspecified atom stereocenters. The summed E-state index contributed by atoms with van der Waals surface area (Å²) in [6, 6.07) is 9.86. The molecule has 3 nitrogen and oxygen atoms in total. The van der Waals surface area contributed by atoms with Gasteiger partial charge in [0, 0.05) is 31.5 Å². The Balaban J connectivity index is 2.08. The van der Waals surface area contributed by atoms with Gasteiger partial charge in [-0.15, -0.1) is 34.8 Å². The third-order valence-electron chi connectivity index (χ3n) is 4.15. The molecule has 1 aliphatic heterocycles. The van der Waals surface area contributed by atoms with Gasteiger partial charge >= 0.3 is 0 Å². The van der Waals surface area contributed by atoms with Crippen LogP contribution >= 0.6 is 34.8 Å². The summed E-state index contributed by atoms with van der Waals surface area (Å²) in [6.45, 7) is 3.97. The topological polar surface area (TPSA) is 29.5 Å². The number of ether oxygens (including phenoxy) is 1. The Kier molecular flexibility index (Phi) is 7.02. The van der Waals surface area contributed by atoms with Crippen LogP contribution in [0.1, 0.15) is 18.9 Å². The highest BCUT2D eigenvalue weighted by Gasteiger charge is 2.53. The van der Waals surface area contributed by atoms with Gasteiger partial charge in [-0.2, -0.15) is 0 Å². The standard InChI is InChI=1S/C17H22Cl3NO2/c1-2-23-12-15(19)8-17(20)14(9-18)11-21(16(17)22)10-13-6-4-3-5-7-13/h3-7,14-15H,2,8-12H2,1H3/t14-,15?,17-/m0/s1. The molecule has 6 heteroatoms. The summed E-state index contributed by atoms with van der Waals surface area (Å²) in [7, 11) is 0. The first-order valence-corrected chi connectivity index (χ1v) is 9.16. The highest BCUT2D eigenvalue weighted by Crippen LogP contribution is 2.41. The van der Waals surface area contributed by atoms with Crippen molar-refractivity contribution < 1.29 is 9.53 Å². The smallest absolute Gasteiger partial charge is 0.244 e. The molecule has 1 amide bonds. The summed E-state index contributed by atoms with van der Waals surface area (Å²) in [5, 5.41) is -0.307. The molecule has 1 saturated heterocycles. The second-order valence-electron chi connectivity index (χ2n) is 5.85. The molecule has 1 aliphatic rings. The lowest BCUT2D eigenvalue weighted by Crippen LogP contribution is -2.41. The van der Waals surface area contributed by atoms with Crippen molar-refractivity contribution in [3.8, 4) is 0 Å². The number of carbonyl (C=O) groups excluding carboxylic acids is 1. The zero-order valence-corrected chi connectivity index (χ0v) is 15.4. The largest absolute Gasteiger partial charge is 0.380 e. The SMILES string of the molecule is CCOCC(Cl)C[C@@]1(Cl)C(=O)N(Cc2ccccc2)C[C@@H]1CCl. The Morgan fingerprint density at radius 1 is 1.39 bits per heavy atom. The molecular weight excluding hydrogens is 357 g/mol. The second kappa shape index (κ2) is 8.57. The highest BCUT2D eigenvalue weighted by molar-refractivity contribution is 6.37. The molecule has 0 radical (unpaired) electrons. The van der Waals surface area contributed by atoms with Crippen molar-refractivity contribution in [2.75, 3.05) is 25.6 Å². The minimum absolute atomic E-state index is 0.0872. The molecule has 1 aromatic rings. The number of benzene rings is 1. The number of likely N-dealkylation sites (tertiary alicyclic amines) is 1. The summed E-state index contributed by atoms with van der Waals surface area (Å²) in [5.74, 6) is 0.124. The van der Waals surface area contributed by atoms with Crippen LogP contribution in [0.4, 0.5) is 0 Å². The second-order valence-corrected chi connectivity index (χ2v) is 7.45. The molecule has 0 aliphatic carbocycles. The van der Waals surface area contributed by atoms with Crippen LogP contribution in [-0.2, 0) is 16.1 Å². The fourth-order valence-electron chi connectivity index (χ4n) is 2.92. The van der Waals surface area contributed by atoms with Gasteiger partial charge in [0.1, 0.15) is 4.87 Å². The van der Waals surface area contributed by atoms with Crippen molar-refractivity contribution in [2.24, 2.45) is 5.92 Å². The first-order valence-electron chi connectivity index (χ1n) is 7.81. The number of hydrogen-bond donors (Lipinski definition) is 0. The average molecular weight is 379 g/mol. The van der Waals surface area contributed by atoms with Gasteiger partial charge in [-0.1, -0.05) is 30.3 Å². The third-order valence-corrected chi connectivity index (χ3v) is 5.43. The molecule has 23 heavy (non-hydrogen) atoms. The number of amides is 1. The Hall–Kier alpha value is -0.480. The fraction of sp³-hybridized carbons (Fsp3) is 0.588. The van der Waals surface area contributed by atoms with Crippen LogP contribution in [0.5, 0.6) is 0 Å². The predicted octanol–water partition coefficient (Wildman–Crippen LogP) is 3.90. The number of carbonyl (C=O) groups is 1. The zero-order chi connectivity index (χ0) is 16.9. The number of alkyl halides is 3. The van der Waals surface area contributed by atoms with Crippen molar-refractivity contribution in [1.29, 1.82) is 0 Å². The molecule has 0 aromatic heterocycles. The maximum absolute atomic E-state index is 12.8. The summed E-state index contributed by atoms with van der Waals surface area (Å²) in [6.07, 6.45) is 0.359. The highest BCUT2D eigenvalue weighted by atomic mass is 35.5. The molecule has 3 atom stereocenters. The normalized spacial score (nSPS) is 25.8. The van der Waals surface area contributed by atoms with Gasteiger partial charge in [0.15, 0.2) is 0 Å². The van der Waals surface area contributed by atoms with E-state index in [4.69, 9.17) is 39.5 Å². The van der Waals surface area contributed by atoms with Gasteiger partial charge < -0.3 is 9.64 Å². The Bertz CT molecular complexity index is 514. The average Bonchev–Trinajstić information content (AvgIpc) is 2.78. The number of hydrogen-bond acceptors (Lipinski definition) is 2. The van der Waals surface area contributed by atoms with Gasteiger partial charge in [0.25, 0.3) is 0 Å². The van der Waals surface area contributed by atoms with E-state index in [1.54, 1.807) is 4.90 Å². The van der Waals surface area contributed by atoms with E-state index in [2.05, 4.69) is 0 Å². The summed E-state index contributed by atoms with van der Waals surface area (Å²) in [5.41, 5.74) is 1.08. The lowest BCUT2D eigenvalue weighted by atomic mass is 9.91. The van der Waals surface area contributed by atoms with Crippen molar-refractivity contribution >= 4 is 40.7 Å². The molecule has 1 aromatic carbocycles. The lowest BCUT2D eigenvalue weighted by Gasteiger charge is -2.27. The van der Waals surface area contributed by atoms with Gasteiger partial charge in [0.2, 0.25) is 5.91 Å². The fourth-order valence-corrected chi connectivity index (χ4v) is 4.23. The van der Waals surface area contributed by atoms with Crippen LogP contribution in [0.2, 0.25) is 0 Å². The van der Waals surface area contributed by atoms with Crippen LogP contribution in [-0.4, -0.2) is 46.7 Å². The minimum Gasteiger partial charge on any atom is -0.380 e. The van der Waals surface area contributed by atoms with E-state index in [1.807, 2.05) is 37.3 Å². The van der Waals surface area contributed by atoms with Crippen molar-refractivity contribution in [1.82, 2.24) is 4.90 Å². The molecule has 2 rings (SSSR count). The summed E-state index contributed by atoms with van der Waals surface area (Å²) in [4.78, 5) is 13.6. The first-order chi connectivity index (χ1) is 11.0. The Morgan fingerprint density at radius 3 is 2.70 bits per heavy atom. The van der Waals surface area contributed by atoms with Gasteiger partial charge in [-0.05, 0) is 18.9 Å². The molecule has 1 heterocycles. The third kappa shape index (κ3) is 4.54. The van der Waals surface area contributed by atoms with Crippen LogP contribution in [0.25, 0.3) is 0 Å². The van der Waals surface area contributed by atoms with Crippen molar-refractivity contribution in [3.63, 3.8) is 0 Å². The minimum atomic E-state index is -1.04.